The van der Waals surface area contributed by atoms with Gasteiger partial charge in [0, 0.05) is 19.1 Å². The molecule has 2 aliphatic heterocycles. The lowest BCUT2D eigenvalue weighted by Crippen LogP contribution is -2.61. The fourth-order valence-electron chi connectivity index (χ4n) is 4.24. The van der Waals surface area contributed by atoms with Gasteiger partial charge in [-0.05, 0) is 44.5 Å². The molecule has 3 atom stereocenters. The maximum Gasteiger partial charge on any atom is 0.245 e. The molecule has 2 heterocycles. The van der Waals surface area contributed by atoms with Crippen molar-refractivity contribution in [2.24, 2.45) is 5.92 Å². The first-order valence-corrected chi connectivity index (χ1v) is 9.77. The predicted molar refractivity (Wildman–Crippen MR) is 103 cm³/mol. The molecule has 27 heavy (non-hydrogen) atoms. The summed E-state index contributed by atoms with van der Waals surface area (Å²) in [6.45, 7) is 5.39. The zero-order valence-corrected chi connectivity index (χ0v) is 16.7. The van der Waals surface area contributed by atoms with Gasteiger partial charge in [-0.15, -0.1) is 0 Å². The highest BCUT2D eigenvalue weighted by Gasteiger charge is 2.47. The molecule has 0 saturated carbocycles. The van der Waals surface area contributed by atoms with Crippen LogP contribution in [0.2, 0.25) is 0 Å². The summed E-state index contributed by atoms with van der Waals surface area (Å²) in [6, 6.07) is 6.29. The van der Waals surface area contributed by atoms with Crippen molar-refractivity contribution < 1.29 is 14.0 Å². The van der Waals surface area contributed by atoms with Crippen molar-refractivity contribution in [1.29, 1.82) is 0 Å². The molecule has 0 radical (unpaired) electrons. The second kappa shape index (κ2) is 7.97. The minimum Gasteiger partial charge on any atom is -0.335 e. The van der Waals surface area contributed by atoms with E-state index in [1.165, 1.54) is 6.07 Å². The summed E-state index contributed by atoms with van der Waals surface area (Å²) in [5.41, 5.74) is 0.387. The number of piperazine rings is 1. The van der Waals surface area contributed by atoms with Crippen LogP contribution in [0.25, 0.3) is 0 Å². The molecule has 2 saturated heterocycles. The van der Waals surface area contributed by atoms with Crippen LogP contribution < -0.4 is 0 Å². The van der Waals surface area contributed by atoms with Crippen molar-refractivity contribution in [2.75, 3.05) is 27.2 Å². The summed E-state index contributed by atoms with van der Waals surface area (Å²) in [7, 11) is 4.06. The van der Waals surface area contributed by atoms with Crippen LogP contribution in [-0.4, -0.2) is 71.8 Å². The number of amides is 2. The average molecular weight is 375 g/mol. The van der Waals surface area contributed by atoms with Gasteiger partial charge in [0.05, 0.1) is 12.5 Å². The van der Waals surface area contributed by atoms with E-state index in [-0.39, 0.29) is 30.1 Å². The largest absolute Gasteiger partial charge is 0.335 e. The summed E-state index contributed by atoms with van der Waals surface area (Å²) in [6.07, 6.45) is 1.51. The monoisotopic (exact) mass is 375 g/mol. The molecule has 0 N–H and O–H groups in total. The first kappa shape index (κ1) is 19.8. The number of carbonyl (C=O) groups excluding carboxylic acids is 2. The Kier molecular flexibility index (Phi) is 5.84. The van der Waals surface area contributed by atoms with E-state index in [1.807, 2.05) is 19.0 Å². The van der Waals surface area contributed by atoms with Crippen LogP contribution in [-0.2, 0) is 16.0 Å². The van der Waals surface area contributed by atoms with E-state index in [0.29, 0.717) is 30.5 Å². The van der Waals surface area contributed by atoms with Gasteiger partial charge in [0.2, 0.25) is 11.8 Å². The number of halogens is 1. The van der Waals surface area contributed by atoms with Crippen LogP contribution in [0.3, 0.4) is 0 Å². The Balaban J connectivity index is 1.82. The highest BCUT2D eigenvalue weighted by atomic mass is 19.1. The summed E-state index contributed by atoms with van der Waals surface area (Å²) < 4.78 is 14.0. The van der Waals surface area contributed by atoms with Crippen LogP contribution in [0, 0.1) is 11.7 Å². The van der Waals surface area contributed by atoms with Gasteiger partial charge in [-0.25, -0.2) is 4.39 Å². The molecule has 0 aromatic heterocycles. The third-order valence-electron chi connectivity index (χ3n) is 5.79. The summed E-state index contributed by atoms with van der Waals surface area (Å²) in [4.78, 5) is 32.1. The minimum absolute atomic E-state index is 0.00161. The van der Waals surface area contributed by atoms with E-state index < -0.39 is 6.04 Å². The van der Waals surface area contributed by atoms with Crippen LogP contribution in [0.15, 0.2) is 24.3 Å². The standard InChI is InChI=1S/C21H30FN3O2/c1-14(2)9-19-21(27)24-12-16(23(3)4)11-17(24)13-25(19)20(26)10-15-7-5-6-8-18(15)22/h5-8,14,16-17,19H,9-13H2,1-4H3/t16-,17-,19-/m0/s1. The SMILES string of the molecule is CC(C)C[C@H]1C(=O)N2C[C@@H](N(C)C)C[C@H]2CN1C(=O)Cc1ccccc1F. The van der Waals surface area contributed by atoms with Crippen LogP contribution >= 0.6 is 0 Å². The number of benzene rings is 1. The number of fused-ring (bicyclic) bond motifs is 1. The first-order chi connectivity index (χ1) is 12.8. The van der Waals surface area contributed by atoms with Crippen LogP contribution in [0.5, 0.6) is 0 Å². The van der Waals surface area contributed by atoms with Gasteiger partial charge in [0.15, 0.2) is 0 Å². The number of likely N-dealkylation sites (N-methyl/N-ethyl adjacent to an activating group) is 1. The van der Waals surface area contributed by atoms with Gasteiger partial charge in [-0.3, -0.25) is 9.59 Å². The van der Waals surface area contributed by atoms with E-state index >= 15 is 0 Å². The molecule has 5 nitrogen and oxygen atoms in total. The molecule has 3 rings (SSSR count). The van der Waals surface area contributed by atoms with Gasteiger partial charge >= 0.3 is 0 Å². The molecule has 0 bridgehead atoms. The van der Waals surface area contributed by atoms with Gasteiger partial charge in [0.25, 0.3) is 0 Å². The zero-order chi connectivity index (χ0) is 19.7. The van der Waals surface area contributed by atoms with Gasteiger partial charge < -0.3 is 14.7 Å². The van der Waals surface area contributed by atoms with Crippen molar-refractivity contribution in [1.82, 2.24) is 14.7 Å². The third kappa shape index (κ3) is 4.15. The zero-order valence-electron chi connectivity index (χ0n) is 16.7. The molecule has 148 valence electrons. The highest BCUT2D eigenvalue weighted by Crippen LogP contribution is 2.30. The number of rotatable bonds is 5. The Hall–Kier alpha value is -1.95. The molecule has 0 aliphatic carbocycles. The Labute approximate surface area is 161 Å². The molecule has 2 aliphatic rings. The smallest absolute Gasteiger partial charge is 0.245 e. The Bertz CT molecular complexity index is 706. The van der Waals surface area contributed by atoms with Crippen LogP contribution in [0.1, 0.15) is 32.3 Å². The number of carbonyl (C=O) groups is 2. The van der Waals surface area contributed by atoms with Gasteiger partial charge in [-0.1, -0.05) is 32.0 Å². The fraction of sp³-hybridized carbons (Fsp3) is 0.619. The Morgan fingerprint density at radius 2 is 1.96 bits per heavy atom. The quantitative estimate of drug-likeness (QED) is 0.792. The molecule has 0 unspecified atom stereocenters. The van der Waals surface area contributed by atoms with E-state index in [9.17, 15) is 14.0 Å². The Morgan fingerprint density at radius 1 is 1.26 bits per heavy atom. The molecule has 2 amide bonds. The molecule has 1 aromatic carbocycles. The van der Waals surface area contributed by atoms with Crippen molar-refractivity contribution >= 4 is 11.8 Å². The number of hydrogen-bond donors (Lipinski definition) is 0. The maximum atomic E-state index is 14.0. The molecule has 2 fully saturated rings. The van der Waals surface area contributed by atoms with Crippen molar-refractivity contribution in [3.63, 3.8) is 0 Å². The van der Waals surface area contributed by atoms with E-state index in [1.54, 1.807) is 23.1 Å². The highest BCUT2D eigenvalue weighted by molar-refractivity contribution is 5.90. The second-order valence-corrected chi connectivity index (χ2v) is 8.46. The number of hydrogen-bond acceptors (Lipinski definition) is 3. The van der Waals surface area contributed by atoms with Crippen molar-refractivity contribution in [3.8, 4) is 0 Å². The maximum absolute atomic E-state index is 14.0. The lowest BCUT2D eigenvalue weighted by Gasteiger charge is -2.43. The van der Waals surface area contributed by atoms with E-state index in [0.717, 1.165) is 13.0 Å². The summed E-state index contributed by atoms with van der Waals surface area (Å²) in [5, 5.41) is 0. The van der Waals surface area contributed by atoms with Gasteiger partial charge in [0.1, 0.15) is 11.9 Å². The lowest BCUT2D eigenvalue weighted by atomic mass is 9.96. The minimum atomic E-state index is -0.443. The molecule has 0 spiro atoms. The van der Waals surface area contributed by atoms with Gasteiger partial charge in [-0.2, -0.15) is 0 Å². The predicted octanol–water partition coefficient (Wildman–Crippen LogP) is 2.16. The van der Waals surface area contributed by atoms with Crippen LogP contribution in [0.4, 0.5) is 4.39 Å². The average Bonchev–Trinajstić information content (AvgIpc) is 3.03. The van der Waals surface area contributed by atoms with E-state index in [2.05, 4.69) is 18.7 Å². The normalized spacial score (nSPS) is 25.4. The summed E-state index contributed by atoms with van der Waals surface area (Å²) in [5.74, 6) is -0.186. The lowest BCUT2D eigenvalue weighted by molar-refractivity contribution is -0.154. The fourth-order valence-corrected chi connectivity index (χ4v) is 4.24. The molecule has 1 aromatic rings. The first-order valence-electron chi connectivity index (χ1n) is 9.77. The molecule has 6 heteroatoms. The number of nitrogens with zero attached hydrogens (tertiary/aromatic N) is 3. The van der Waals surface area contributed by atoms with E-state index in [4.69, 9.17) is 0 Å². The Morgan fingerprint density at radius 3 is 2.59 bits per heavy atom. The van der Waals surface area contributed by atoms with Crippen molar-refractivity contribution in [3.05, 3.63) is 35.6 Å². The third-order valence-corrected chi connectivity index (χ3v) is 5.79. The topological polar surface area (TPSA) is 43.9 Å². The second-order valence-electron chi connectivity index (χ2n) is 8.46. The molecular weight excluding hydrogens is 345 g/mol. The molecular formula is C21H30FN3O2. The van der Waals surface area contributed by atoms with Crippen molar-refractivity contribution in [2.45, 2.75) is 51.2 Å². The summed E-state index contributed by atoms with van der Waals surface area (Å²) >= 11 is 0.